The standard InChI is InChI=1S/C11H18N4S/c1-3-12-11-13-5-4-10(14-11)15-6-7-16-8-9(15)2/h4-5,9H,3,6-8H2,1-2H3,(H,12,13,14). The lowest BCUT2D eigenvalue weighted by molar-refractivity contribution is 0.689. The first-order valence-corrected chi connectivity index (χ1v) is 6.88. The molecular weight excluding hydrogens is 220 g/mol. The molecule has 0 spiro atoms. The second-order valence-electron chi connectivity index (χ2n) is 3.89. The number of hydrogen-bond donors (Lipinski definition) is 1. The number of nitrogens with zero attached hydrogens (tertiary/aromatic N) is 3. The third-order valence-electron chi connectivity index (χ3n) is 2.64. The van der Waals surface area contributed by atoms with Crippen LogP contribution in [-0.4, -0.2) is 40.6 Å². The van der Waals surface area contributed by atoms with E-state index >= 15 is 0 Å². The molecule has 5 heteroatoms. The van der Waals surface area contributed by atoms with Crippen LogP contribution in [0.1, 0.15) is 13.8 Å². The van der Waals surface area contributed by atoms with Crippen LogP contribution >= 0.6 is 11.8 Å². The van der Waals surface area contributed by atoms with E-state index in [-0.39, 0.29) is 0 Å². The summed E-state index contributed by atoms with van der Waals surface area (Å²) in [5, 5.41) is 3.15. The summed E-state index contributed by atoms with van der Waals surface area (Å²) < 4.78 is 0. The van der Waals surface area contributed by atoms with Gasteiger partial charge in [-0.05, 0) is 19.9 Å². The van der Waals surface area contributed by atoms with E-state index in [9.17, 15) is 0 Å². The number of rotatable bonds is 3. The summed E-state index contributed by atoms with van der Waals surface area (Å²) in [6.45, 7) is 6.24. The maximum atomic E-state index is 4.53. The molecular formula is C11H18N4S. The molecule has 1 aliphatic heterocycles. The van der Waals surface area contributed by atoms with Crippen LogP contribution in [0.15, 0.2) is 12.3 Å². The van der Waals surface area contributed by atoms with Crippen molar-refractivity contribution in [3.05, 3.63) is 12.3 Å². The monoisotopic (exact) mass is 238 g/mol. The molecule has 1 aromatic heterocycles. The molecule has 16 heavy (non-hydrogen) atoms. The van der Waals surface area contributed by atoms with Crippen LogP contribution < -0.4 is 10.2 Å². The highest BCUT2D eigenvalue weighted by molar-refractivity contribution is 7.99. The highest BCUT2D eigenvalue weighted by Crippen LogP contribution is 2.22. The summed E-state index contributed by atoms with van der Waals surface area (Å²) in [5.74, 6) is 4.13. The average molecular weight is 238 g/mol. The topological polar surface area (TPSA) is 41.1 Å². The van der Waals surface area contributed by atoms with Crippen molar-refractivity contribution in [1.29, 1.82) is 0 Å². The van der Waals surface area contributed by atoms with Gasteiger partial charge in [-0.1, -0.05) is 0 Å². The summed E-state index contributed by atoms with van der Waals surface area (Å²) in [4.78, 5) is 11.1. The van der Waals surface area contributed by atoms with E-state index in [2.05, 4.69) is 34.0 Å². The summed E-state index contributed by atoms with van der Waals surface area (Å²) in [6.07, 6.45) is 1.83. The predicted octanol–water partition coefficient (Wildman–Crippen LogP) is 1.85. The molecule has 1 atom stereocenters. The minimum atomic E-state index is 0.558. The largest absolute Gasteiger partial charge is 0.354 e. The van der Waals surface area contributed by atoms with Crippen molar-refractivity contribution in [1.82, 2.24) is 9.97 Å². The van der Waals surface area contributed by atoms with Crippen molar-refractivity contribution in [2.75, 3.05) is 34.8 Å². The normalized spacial score (nSPS) is 20.9. The minimum Gasteiger partial charge on any atom is -0.354 e. The molecule has 4 nitrogen and oxygen atoms in total. The summed E-state index contributed by atoms with van der Waals surface area (Å²) >= 11 is 2.02. The smallest absolute Gasteiger partial charge is 0.224 e. The molecule has 0 aliphatic carbocycles. The summed E-state index contributed by atoms with van der Waals surface area (Å²) in [7, 11) is 0. The average Bonchev–Trinajstić information content (AvgIpc) is 2.30. The van der Waals surface area contributed by atoms with Crippen LogP contribution in [0.2, 0.25) is 0 Å². The van der Waals surface area contributed by atoms with Gasteiger partial charge in [-0.3, -0.25) is 0 Å². The van der Waals surface area contributed by atoms with E-state index in [1.165, 1.54) is 11.5 Å². The molecule has 0 radical (unpaired) electrons. The van der Waals surface area contributed by atoms with Crippen LogP contribution in [0.3, 0.4) is 0 Å². The molecule has 1 aliphatic rings. The molecule has 0 amide bonds. The number of hydrogen-bond acceptors (Lipinski definition) is 5. The third-order valence-corrected chi connectivity index (χ3v) is 3.83. The zero-order valence-electron chi connectivity index (χ0n) is 9.81. The van der Waals surface area contributed by atoms with Crippen molar-refractivity contribution in [2.45, 2.75) is 19.9 Å². The van der Waals surface area contributed by atoms with Gasteiger partial charge in [0, 0.05) is 36.8 Å². The van der Waals surface area contributed by atoms with Gasteiger partial charge in [-0.2, -0.15) is 16.7 Å². The maximum absolute atomic E-state index is 4.53. The van der Waals surface area contributed by atoms with E-state index in [0.29, 0.717) is 6.04 Å². The molecule has 1 saturated heterocycles. The molecule has 88 valence electrons. The lowest BCUT2D eigenvalue weighted by atomic mass is 10.3. The van der Waals surface area contributed by atoms with Crippen LogP contribution in [0.25, 0.3) is 0 Å². The summed E-state index contributed by atoms with van der Waals surface area (Å²) in [6, 6.07) is 2.55. The van der Waals surface area contributed by atoms with Crippen LogP contribution in [0.4, 0.5) is 11.8 Å². The van der Waals surface area contributed by atoms with E-state index in [0.717, 1.165) is 24.9 Å². The van der Waals surface area contributed by atoms with Crippen LogP contribution in [0.5, 0.6) is 0 Å². The third kappa shape index (κ3) is 2.58. The second-order valence-corrected chi connectivity index (χ2v) is 5.04. The number of anilines is 2. The molecule has 1 N–H and O–H groups in total. The number of nitrogens with one attached hydrogen (secondary N) is 1. The van der Waals surface area contributed by atoms with Crippen molar-refractivity contribution in [3.8, 4) is 0 Å². The zero-order chi connectivity index (χ0) is 11.4. The highest BCUT2D eigenvalue weighted by Gasteiger charge is 2.20. The predicted molar refractivity (Wildman–Crippen MR) is 70.3 cm³/mol. The number of aromatic nitrogens is 2. The van der Waals surface area contributed by atoms with E-state index in [1.807, 2.05) is 24.0 Å². The maximum Gasteiger partial charge on any atom is 0.224 e. The Hall–Kier alpha value is -0.970. The first kappa shape index (κ1) is 11.5. The zero-order valence-corrected chi connectivity index (χ0v) is 10.6. The molecule has 2 rings (SSSR count). The quantitative estimate of drug-likeness (QED) is 0.870. The number of thioether (sulfide) groups is 1. The van der Waals surface area contributed by atoms with Gasteiger partial charge in [0.2, 0.25) is 5.95 Å². The van der Waals surface area contributed by atoms with Crippen LogP contribution in [0, 0.1) is 0 Å². The first-order valence-electron chi connectivity index (χ1n) is 5.72. The van der Waals surface area contributed by atoms with Gasteiger partial charge < -0.3 is 10.2 Å². The molecule has 0 aromatic carbocycles. The lowest BCUT2D eigenvalue weighted by Crippen LogP contribution is -2.41. The summed E-state index contributed by atoms with van der Waals surface area (Å²) in [5.41, 5.74) is 0. The van der Waals surface area contributed by atoms with E-state index in [4.69, 9.17) is 0 Å². The Balaban J connectivity index is 2.15. The van der Waals surface area contributed by atoms with Gasteiger partial charge in [0.15, 0.2) is 0 Å². The van der Waals surface area contributed by atoms with Crippen molar-refractivity contribution in [2.24, 2.45) is 0 Å². The molecule has 1 fully saturated rings. The molecule has 0 saturated carbocycles. The Morgan fingerprint density at radius 1 is 1.62 bits per heavy atom. The Bertz CT molecular complexity index is 345. The van der Waals surface area contributed by atoms with Crippen molar-refractivity contribution >= 4 is 23.5 Å². The Labute approximate surface area is 101 Å². The van der Waals surface area contributed by atoms with Crippen molar-refractivity contribution < 1.29 is 0 Å². The van der Waals surface area contributed by atoms with E-state index in [1.54, 1.807) is 0 Å². The SMILES string of the molecule is CCNc1nccc(N2CCSCC2C)n1. The van der Waals surface area contributed by atoms with Gasteiger partial charge in [0.1, 0.15) is 5.82 Å². The highest BCUT2D eigenvalue weighted by atomic mass is 32.2. The van der Waals surface area contributed by atoms with Gasteiger partial charge in [-0.25, -0.2) is 4.98 Å². The Kier molecular flexibility index (Phi) is 3.88. The lowest BCUT2D eigenvalue weighted by Gasteiger charge is -2.34. The Morgan fingerprint density at radius 3 is 3.25 bits per heavy atom. The molecule has 1 aromatic rings. The molecule has 1 unspecified atom stereocenters. The van der Waals surface area contributed by atoms with Gasteiger partial charge >= 0.3 is 0 Å². The Morgan fingerprint density at radius 2 is 2.50 bits per heavy atom. The fourth-order valence-corrected chi connectivity index (χ4v) is 2.83. The minimum absolute atomic E-state index is 0.558. The van der Waals surface area contributed by atoms with Gasteiger partial charge in [0.05, 0.1) is 0 Å². The fourth-order valence-electron chi connectivity index (χ4n) is 1.82. The van der Waals surface area contributed by atoms with E-state index < -0.39 is 0 Å². The van der Waals surface area contributed by atoms with Gasteiger partial charge in [-0.15, -0.1) is 0 Å². The molecule has 2 heterocycles. The molecule has 0 bridgehead atoms. The first-order chi connectivity index (χ1) is 7.81. The second kappa shape index (κ2) is 5.39. The van der Waals surface area contributed by atoms with Gasteiger partial charge in [0.25, 0.3) is 0 Å². The van der Waals surface area contributed by atoms with Crippen molar-refractivity contribution in [3.63, 3.8) is 0 Å². The fraction of sp³-hybridized carbons (Fsp3) is 0.636. The van der Waals surface area contributed by atoms with Crippen LogP contribution in [-0.2, 0) is 0 Å².